The molecular weight excluding hydrogens is 277 g/mol. The third-order valence-corrected chi connectivity index (χ3v) is 4.67. The number of likely N-dealkylation sites (tertiary alicyclic amines) is 1. The maximum absolute atomic E-state index is 13.2. The van der Waals surface area contributed by atoms with E-state index in [0.29, 0.717) is 11.5 Å². The first-order valence-electron chi connectivity index (χ1n) is 7.48. The van der Waals surface area contributed by atoms with Crippen LogP contribution in [0.15, 0.2) is 24.3 Å². The summed E-state index contributed by atoms with van der Waals surface area (Å²) in [5, 5.41) is 0. The highest BCUT2D eigenvalue weighted by Gasteiger charge is 2.38. The summed E-state index contributed by atoms with van der Waals surface area (Å²) in [7, 11) is 0. The van der Waals surface area contributed by atoms with Gasteiger partial charge >= 0.3 is 6.18 Å². The van der Waals surface area contributed by atoms with E-state index in [1.54, 1.807) is 12.1 Å². The molecule has 1 aliphatic heterocycles. The fourth-order valence-corrected chi connectivity index (χ4v) is 3.29. The van der Waals surface area contributed by atoms with Crippen LogP contribution in [0.5, 0.6) is 0 Å². The SMILES string of the molecule is CC1CCCN(C(CN)c2ccccc2C(F)(F)F)C1C. The first-order chi connectivity index (χ1) is 9.86. The third kappa shape index (κ3) is 3.40. The number of rotatable bonds is 3. The minimum Gasteiger partial charge on any atom is -0.329 e. The highest BCUT2D eigenvalue weighted by Crippen LogP contribution is 2.38. The van der Waals surface area contributed by atoms with E-state index >= 15 is 0 Å². The summed E-state index contributed by atoms with van der Waals surface area (Å²) in [5.41, 5.74) is 5.58. The van der Waals surface area contributed by atoms with E-state index in [4.69, 9.17) is 5.73 Å². The van der Waals surface area contributed by atoms with Crippen LogP contribution < -0.4 is 5.73 Å². The van der Waals surface area contributed by atoms with Gasteiger partial charge in [-0.05, 0) is 43.9 Å². The van der Waals surface area contributed by atoms with Crippen LogP contribution in [-0.4, -0.2) is 24.0 Å². The van der Waals surface area contributed by atoms with Gasteiger partial charge < -0.3 is 5.73 Å². The molecule has 2 rings (SSSR count). The van der Waals surface area contributed by atoms with Gasteiger partial charge in [0.05, 0.1) is 5.56 Å². The maximum atomic E-state index is 13.2. The average molecular weight is 300 g/mol. The van der Waals surface area contributed by atoms with Crippen LogP contribution in [0.3, 0.4) is 0 Å². The van der Waals surface area contributed by atoms with Crippen LogP contribution in [0.4, 0.5) is 13.2 Å². The topological polar surface area (TPSA) is 29.3 Å². The predicted molar refractivity (Wildman–Crippen MR) is 77.8 cm³/mol. The molecule has 1 aromatic carbocycles. The summed E-state index contributed by atoms with van der Waals surface area (Å²) >= 11 is 0. The zero-order valence-corrected chi connectivity index (χ0v) is 12.5. The smallest absolute Gasteiger partial charge is 0.329 e. The monoisotopic (exact) mass is 300 g/mol. The molecule has 118 valence electrons. The fourth-order valence-electron chi connectivity index (χ4n) is 3.29. The van der Waals surface area contributed by atoms with E-state index in [9.17, 15) is 13.2 Å². The van der Waals surface area contributed by atoms with Crippen LogP contribution >= 0.6 is 0 Å². The zero-order chi connectivity index (χ0) is 15.6. The minimum absolute atomic E-state index is 0.199. The van der Waals surface area contributed by atoms with Crippen LogP contribution in [0.25, 0.3) is 0 Å². The Labute approximate surface area is 124 Å². The number of nitrogens with two attached hydrogens (primary N) is 1. The van der Waals surface area contributed by atoms with Gasteiger partial charge in [-0.25, -0.2) is 0 Å². The van der Waals surface area contributed by atoms with Crippen LogP contribution in [0.1, 0.15) is 43.9 Å². The van der Waals surface area contributed by atoms with Gasteiger partial charge in [-0.3, -0.25) is 4.90 Å². The van der Waals surface area contributed by atoms with Gasteiger partial charge in [-0.2, -0.15) is 13.2 Å². The molecule has 1 aromatic rings. The molecule has 0 aromatic heterocycles. The normalized spacial score (nSPS) is 25.8. The van der Waals surface area contributed by atoms with Gasteiger partial charge in [-0.1, -0.05) is 25.1 Å². The molecule has 1 heterocycles. The van der Waals surface area contributed by atoms with Crippen molar-refractivity contribution in [3.63, 3.8) is 0 Å². The Kier molecular flexibility index (Phi) is 4.94. The van der Waals surface area contributed by atoms with E-state index in [2.05, 4.69) is 18.7 Å². The molecule has 3 unspecified atom stereocenters. The fraction of sp³-hybridized carbons (Fsp3) is 0.625. The molecule has 1 saturated heterocycles. The third-order valence-electron chi connectivity index (χ3n) is 4.67. The average Bonchev–Trinajstić information content (AvgIpc) is 2.44. The van der Waals surface area contributed by atoms with Crippen molar-refractivity contribution in [1.82, 2.24) is 4.90 Å². The maximum Gasteiger partial charge on any atom is 0.416 e. The lowest BCUT2D eigenvalue weighted by atomic mass is 9.88. The molecule has 0 spiro atoms. The molecule has 5 heteroatoms. The highest BCUT2D eigenvalue weighted by molar-refractivity contribution is 5.33. The molecule has 0 saturated carbocycles. The number of halogens is 3. The number of piperidine rings is 1. The first kappa shape index (κ1) is 16.3. The second-order valence-corrected chi connectivity index (χ2v) is 5.93. The Hall–Kier alpha value is -1.07. The van der Waals surface area contributed by atoms with E-state index in [0.717, 1.165) is 25.5 Å². The lowest BCUT2D eigenvalue weighted by molar-refractivity contribution is -0.139. The second kappa shape index (κ2) is 6.36. The van der Waals surface area contributed by atoms with E-state index in [1.807, 2.05) is 0 Å². The van der Waals surface area contributed by atoms with E-state index in [1.165, 1.54) is 6.07 Å². The number of benzene rings is 1. The number of hydrogen-bond donors (Lipinski definition) is 1. The Morgan fingerprint density at radius 2 is 1.95 bits per heavy atom. The molecule has 0 radical (unpaired) electrons. The van der Waals surface area contributed by atoms with Gasteiger partial charge in [0.25, 0.3) is 0 Å². The van der Waals surface area contributed by atoms with Gasteiger partial charge in [-0.15, -0.1) is 0 Å². The lowest BCUT2D eigenvalue weighted by Crippen LogP contribution is -2.47. The minimum atomic E-state index is -4.34. The Morgan fingerprint density at radius 3 is 2.57 bits per heavy atom. The lowest BCUT2D eigenvalue weighted by Gasteiger charge is -2.43. The molecule has 0 amide bonds. The van der Waals surface area contributed by atoms with E-state index < -0.39 is 11.7 Å². The summed E-state index contributed by atoms with van der Waals surface area (Å²) in [6.45, 7) is 5.24. The molecule has 1 aliphatic rings. The number of alkyl halides is 3. The molecule has 2 N–H and O–H groups in total. The number of nitrogens with zero attached hydrogens (tertiary/aromatic N) is 1. The van der Waals surface area contributed by atoms with Gasteiger partial charge in [0.2, 0.25) is 0 Å². The standard InChI is InChI=1S/C16H23F3N2/c1-11-6-5-9-21(12(11)2)15(10-20)13-7-3-4-8-14(13)16(17,18)19/h3-4,7-8,11-12,15H,5-6,9-10,20H2,1-2H3. The molecule has 21 heavy (non-hydrogen) atoms. The Bertz CT molecular complexity index is 473. The second-order valence-electron chi connectivity index (χ2n) is 5.93. The summed E-state index contributed by atoms with van der Waals surface area (Å²) < 4.78 is 39.7. The Balaban J connectivity index is 2.38. The predicted octanol–water partition coefficient (Wildman–Crippen LogP) is 3.83. The zero-order valence-electron chi connectivity index (χ0n) is 12.5. The van der Waals surface area contributed by atoms with Crippen LogP contribution in [0.2, 0.25) is 0 Å². The molecule has 3 atom stereocenters. The van der Waals surface area contributed by atoms with Crippen molar-refractivity contribution in [2.75, 3.05) is 13.1 Å². The molecule has 0 aliphatic carbocycles. The van der Waals surface area contributed by atoms with Crippen molar-refractivity contribution in [3.05, 3.63) is 35.4 Å². The van der Waals surface area contributed by atoms with Crippen LogP contribution in [0, 0.1) is 5.92 Å². The first-order valence-corrected chi connectivity index (χ1v) is 7.48. The van der Waals surface area contributed by atoms with Crippen molar-refractivity contribution in [2.45, 2.75) is 44.9 Å². The van der Waals surface area contributed by atoms with Crippen molar-refractivity contribution in [2.24, 2.45) is 11.7 Å². The highest BCUT2D eigenvalue weighted by atomic mass is 19.4. The van der Waals surface area contributed by atoms with Gasteiger partial charge in [0.15, 0.2) is 0 Å². The van der Waals surface area contributed by atoms with Crippen molar-refractivity contribution < 1.29 is 13.2 Å². The molecule has 0 bridgehead atoms. The van der Waals surface area contributed by atoms with Crippen LogP contribution in [-0.2, 0) is 6.18 Å². The van der Waals surface area contributed by atoms with Crippen molar-refractivity contribution >= 4 is 0 Å². The largest absolute Gasteiger partial charge is 0.416 e. The van der Waals surface area contributed by atoms with Gasteiger partial charge in [0.1, 0.15) is 0 Å². The summed E-state index contributed by atoms with van der Waals surface area (Å²) in [4.78, 5) is 2.14. The molecule has 1 fully saturated rings. The summed E-state index contributed by atoms with van der Waals surface area (Å²) in [6, 6.07) is 5.67. The summed E-state index contributed by atoms with van der Waals surface area (Å²) in [6.07, 6.45) is -2.21. The Morgan fingerprint density at radius 1 is 1.29 bits per heavy atom. The number of hydrogen-bond acceptors (Lipinski definition) is 2. The summed E-state index contributed by atoms with van der Waals surface area (Å²) in [5.74, 6) is 0.478. The quantitative estimate of drug-likeness (QED) is 0.919. The molecule has 2 nitrogen and oxygen atoms in total. The van der Waals surface area contributed by atoms with Gasteiger partial charge in [0, 0.05) is 18.6 Å². The van der Waals surface area contributed by atoms with E-state index in [-0.39, 0.29) is 18.6 Å². The van der Waals surface area contributed by atoms with Crippen molar-refractivity contribution in [1.29, 1.82) is 0 Å². The molecular formula is C16H23F3N2. The van der Waals surface area contributed by atoms with Crippen molar-refractivity contribution in [3.8, 4) is 0 Å².